The first kappa shape index (κ1) is 14.6. The van der Waals surface area contributed by atoms with Gasteiger partial charge in [0.2, 0.25) is 11.9 Å². The summed E-state index contributed by atoms with van der Waals surface area (Å²) in [6.07, 6.45) is 1.75. The predicted octanol–water partition coefficient (Wildman–Crippen LogP) is 1.69. The molecule has 1 saturated heterocycles. The number of hydrogen-bond donors (Lipinski definition) is 1. The molecular weight excluding hydrogens is 304 g/mol. The number of aromatic nitrogens is 4. The van der Waals surface area contributed by atoms with Crippen LogP contribution >= 0.6 is 0 Å². The molecule has 0 aliphatic carbocycles. The smallest absolute Gasteiger partial charge is 0.226 e. The topological polar surface area (TPSA) is 78.0 Å². The van der Waals surface area contributed by atoms with Crippen LogP contribution in [0.1, 0.15) is 6.92 Å². The summed E-state index contributed by atoms with van der Waals surface area (Å²) in [6, 6.07) is 9.76. The van der Waals surface area contributed by atoms with Crippen molar-refractivity contribution >= 4 is 22.9 Å². The zero-order valence-corrected chi connectivity index (χ0v) is 13.4. The normalized spacial score (nSPS) is 15.0. The SMILES string of the molecule is CC(=O)N1CCN(c2nccc(-c3nc4ccccc4[nH]3)n2)CC1. The molecule has 0 saturated carbocycles. The highest BCUT2D eigenvalue weighted by atomic mass is 16.2. The van der Waals surface area contributed by atoms with Crippen molar-refractivity contribution in [3.63, 3.8) is 0 Å². The van der Waals surface area contributed by atoms with Gasteiger partial charge in [-0.05, 0) is 18.2 Å². The second-order valence-corrected chi connectivity index (χ2v) is 5.84. The van der Waals surface area contributed by atoms with E-state index in [1.54, 1.807) is 13.1 Å². The van der Waals surface area contributed by atoms with Gasteiger partial charge < -0.3 is 14.8 Å². The van der Waals surface area contributed by atoms with Crippen LogP contribution in [0.25, 0.3) is 22.6 Å². The molecule has 2 aromatic heterocycles. The van der Waals surface area contributed by atoms with Crippen molar-refractivity contribution in [2.75, 3.05) is 31.1 Å². The van der Waals surface area contributed by atoms with Crippen molar-refractivity contribution in [1.29, 1.82) is 0 Å². The molecule has 0 bridgehead atoms. The Morgan fingerprint density at radius 3 is 2.62 bits per heavy atom. The minimum Gasteiger partial charge on any atom is -0.339 e. The Balaban J connectivity index is 1.59. The van der Waals surface area contributed by atoms with Gasteiger partial charge in [-0.3, -0.25) is 4.79 Å². The van der Waals surface area contributed by atoms with Gasteiger partial charge in [-0.2, -0.15) is 0 Å². The van der Waals surface area contributed by atoms with E-state index in [0.29, 0.717) is 19.0 Å². The van der Waals surface area contributed by atoms with Crippen LogP contribution in [0, 0.1) is 0 Å². The number of nitrogens with one attached hydrogen (secondary N) is 1. The quantitative estimate of drug-likeness (QED) is 0.777. The third-order valence-corrected chi connectivity index (χ3v) is 4.28. The number of hydrogen-bond acceptors (Lipinski definition) is 5. The number of amides is 1. The fourth-order valence-electron chi connectivity index (χ4n) is 2.93. The number of H-pyrrole nitrogens is 1. The maximum atomic E-state index is 11.4. The zero-order valence-electron chi connectivity index (χ0n) is 13.4. The van der Waals surface area contributed by atoms with E-state index >= 15 is 0 Å². The molecule has 3 heterocycles. The van der Waals surface area contributed by atoms with Gasteiger partial charge in [0.1, 0.15) is 5.69 Å². The molecule has 1 amide bonds. The summed E-state index contributed by atoms with van der Waals surface area (Å²) in [7, 11) is 0. The van der Waals surface area contributed by atoms with Gasteiger partial charge in [0.15, 0.2) is 5.82 Å². The molecule has 24 heavy (non-hydrogen) atoms. The molecule has 7 nitrogen and oxygen atoms in total. The highest BCUT2D eigenvalue weighted by Crippen LogP contribution is 2.20. The number of para-hydroxylation sites is 2. The summed E-state index contributed by atoms with van der Waals surface area (Å²) in [4.78, 5) is 32.3. The number of rotatable bonds is 2. The molecule has 1 N–H and O–H groups in total. The Bertz CT molecular complexity index is 848. The van der Waals surface area contributed by atoms with Crippen molar-refractivity contribution in [2.45, 2.75) is 6.92 Å². The summed E-state index contributed by atoms with van der Waals surface area (Å²) in [5, 5.41) is 0. The molecule has 4 rings (SSSR count). The largest absolute Gasteiger partial charge is 0.339 e. The monoisotopic (exact) mass is 322 g/mol. The standard InChI is InChI=1S/C17H18N6O/c1-12(24)22-8-10-23(11-9-22)17-18-7-6-15(21-17)16-19-13-4-2-3-5-14(13)20-16/h2-7H,8-11H2,1H3,(H,19,20). The highest BCUT2D eigenvalue weighted by molar-refractivity contribution is 5.78. The van der Waals surface area contributed by atoms with Crippen molar-refractivity contribution in [3.05, 3.63) is 36.5 Å². The Morgan fingerprint density at radius 1 is 1.08 bits per heavy atom. The summed E-state index contributed by atoms with van der Waals surface area (Å²) >= 11 is 0. The number of carbonyl (C=O) groups excluding carboxylic acids is 1. The average molecular weight is 322 g/mol. The van der Waals surface area contributed by atoms with Gasteiger partial charge in [-0.25, -0.2) is 15.0 Å². The fraction of sp³-hybridized carbons (Fsp3) is 0.294. The lowest BCUT2D eigenvalue weighted by molar-refractivity contribution is -0.129. The zero-order chi connectivity index (χ0) is 16.5. The van der Waals surface area contributed by atoms with Crippen molar-refractivity contribution in [3.8, 4) is 11.5 Å². The van der Waals surface area contributed by atoms with E-state index in [1.807, 2.05) is 35.2 Å². The number of carbonyl (C=O) groups is 1. The first-order chi connectivity index (χ1) is 11.7. The van der Waals surface area contributed by atoms with E-state index in [1.165, 1.54) is 0 Å². The Morgan fingerprint density at radius 2 is 1.88 bits per heavy atom. The third kappa shape index (κ3) is 2.68. The van der Waals surface area contributed by atoms with Gasteiger partial charge in [0.05, 0.1) is 11.0 Å². The van der Waals surface area contributed by atoms with Gasteiger partial charge in [0, 0.05) is 39.3 Å². The molecular formula is C17H18N6O. The van der Waals surface area contributed by atoms with E-state index in [4.69, 9.17) is 0 Å². The number of benzene rings is 1. The number of fused-ring (bicyclic) bond motifs is 1. The Hall–Kier alpha value is -2.96. The minimum absolute atomic E-state index is 0.117. The second kappa shape index (κ2) is 5.92. The van der Waals surface area contributed by atoms with Crippen LogP contribution in [-0.2, 0) is 4.79 Å². The van der Waals surface area contributed by atoms with Gasteiger partial charge >= 0.3 is 0 Å². The molecule has 1 aliphatic rings. The van der Waals surface area contributed by atoms with Gasteiger partial charge in [-0.15, -0.1) is 0 Å². The van der Waals surface area contributed by atoms with Crippen LogP contribution in [0.3, 0.4) is 0 Å². The molecule has 7 heteroatoms. The maximum Gasteiger partial charge on any atom is 0.226 e. The molecule has 0 spiro atoms. The molecule has 0 radical (unpaired) electrons. The molecule has 1 fully saturated rings. The van der Waals surface area contributed by atoms with Gasteiger partial charge in [-0.1, -0.05) is 12.1 Å². The lowest BCUT2D eigenvalue weighted by atomic mass is 10.3. The van der Waals surface area contributed by atoms with Crippen molar-refractivity contribution < 1.29 is 4.79 Å². The van der Waals surface area contributed by atoms with E-state index in [9.17, 15) is 4.79 Å². The number of anilines is 1. The molecule has 0 atom stereocenters. The summed E-state index contributed by atoms with van der Waals surface area (Å²) in [5.74, 6) is 1.53. The fourth-order valence-corrected chi connectivity index (χ4v) is 2.93. The summed E-state index contributed by atoms with van der Waals surface area (Å²) in [5.41, 5.74) is 2.68. The lowest BCUT2D eigenvalue weighted by Crippen LogP contribution is -2.48. The van der Waals surface area contributed by atoms with Crippen LogP contribution in [0.2, 0.25) is 0 Å². The van der Waals surface area contributed by atoms with E-state index in [0.717, 1.165) is 35.6 Å². The van der Waals surface area contributed by atoms with E-state index in [-0.39, 0.29) is 5.91 Å². The number of imidazole rings is 1. The van der Waals surface area contributed by atoms with Crippen LogP contribution < -0.4 is 4.90 Å². The van der Waals surface area contributed by atoms with Crippen molar-refractivity contribution in [1.82, 2.24) is 24.8 Å². The molecule has 1 aromatic carbocycles. The Labute approximate surface area is 139 Å². The first-order valence-electron chi connectivity index (χ1n) is 7.99. The first-order valence-corrected chi connectivity index (χ1v) is 7.99. The van der Waals surface area contributed by atoms with Gasteiger partial charge in [0.25, 0.3) is 0 Å². The summed E-state index contributed by atoms with van der Waals surface area (Å²) < 4.78 is 0. The molecule has 1 aliphatic heterocycles. The minimum atomic E-state index is 0.117. The summed E-state index contributed by atoms with van der Waals surface area (Å²) in [6.45, 7) is 4.49. The molecule has 0 unspecified atom stereocenters. The third-order valence-electron chi connectivity index (χ3n) is 4.28. The van der Waals surface area contributed by atoms with E-state index in [2.05, 4.69) is 24.8 Å². The van der Waals surface area contributed by atoms with Crippen LogP contribution in [-0.4, -0.2) is 56.9 Å². The van der Waals surface area contributed by atoms with E-state index < -0.39 is 0 Å². The number of aromatic amines is 1. The van der Waals surface area contributed by atoms with Crippen LogP contribution in [0.4, 0.5) is 5.95 Å². The van der Waals surface area contributed by atoms with Crippen LogP contribution in [0.5, 0.6) is 0 Å². The molecule has 3 aromatic rings. The molecule has 122 valence electrons. The highest BCUT2D eigenvalue weighted by Gasteiger charge is 2.21. The second-order valence-electron chi connectivity index (χ2n) is 5.84. The van der Waals surface area contributed by atoms with Crippen LogP contribution in [0.15, 0.2) is 36.5 Å². The average Bonchev–Trinajstić information content (AvgIpc) is 3.06. The number of nitrogens with zero attached hydrogens (tertiary/aromatic N) is 5. The lowest BCUT2D eigenvalue weighted by Gasteiger charge is -2.34. The van der Waals surface area contributed by atoms with Crippen molar-refractivity contribution in [2.24, 2.45) is 0 Å². The predicted molar refractivity (Wildman–Crippen MR) is 91.6 cm³/mol. The number of piperazine rings is 1. The maximum absolute atomic E-state index is 11.4. The Kier molecular flexibility index (Phi) is 3.60.